The lowest BCUT2D eigenvalue weighted by molar-refractivity contribution is -0.147. The van der Waals surface area contributed by atoms with Crippen molar-refractivity contribution in [3.8, 4) is 5.75 Å². The van der Waals surface area contributed by atoms with Gasteiger partial charge in [-0.2, -0.15) is 0 Å². The Bertz CT molecular complexity index is 1670. The van der Waals surface area contributed by atoms with Crippen LogP contribution in [0, 0.1) is 17.8 Å². The number of likely N-dealkylation sites (tertiary alicyclic amines) is 2. The van der Waals surface area contributed by atoms with Crippen LogP contribution < -0.4 is 20.7 Å². The molecule has 0 aliphatic carbocycles. The number of amides is 5. The largest absolute Gasteiger partial charge is 0.497 e. The van der Waals surface area contributed by atoms with Gasteiger partial charge in [-0.15, -0.1) is 0 Å². The molecule has 0 radical (unpaired) electrons. The number of hydrogen-bond acceptors (Lipinski definition) is 9. The molecule has 2 aliphatic rings. The summed E-state index contributed by atoms with van der Waals surface area (Å²) >= 11 is 0. The molecule has 0 spiro atoms. The molecule has 2 aromatic rings. The molecule has 15 nitrogen and oxygen atoms in total. The van der Waals surface area contributed by atoms with E-state index in [-0.39, 0.29) is 31.1 Å². The van der Waals surface area contributed by atoms with Crippen LogP contribution in [0.15, 0.2) is 54.6 Å². The van der Waals surface area contributed by atoms with E-state index >= 15 is 0 Å². The normalized spacial score (nSPS) is 16.0. The Labute approximate surface area is 347 Å². The number of carbonyl (C=O) groups excluding carboxylic acids is 5. The van der Waals surface area contributed by atoms with Gasteiger partial charge in [0.05, 0.1) is 20.1 Å². The van der Waals surface area contributed by atoms with Gasteiger partial charge in [0, 0.05) is 38.6 Å². The highest BCUT2D eigenvalue weighted by Crippen LogP contribution is 2.29. The van der Waals surface area contributed by atoms with Gasteiger partial charge in [0.25, 0.3) is 0 Å². The van der Waals surface area contributed by atoms with Crippen molar-refractivity contribution in [3.05, 3.63) is 65.7 Å². The minimum atomic E-state index is -1.24. The third-order valence-electron chi connectivity index (χ3n) is 10.9. The summed E-state index contributed by atoms with van der Waals surface area (Å²) in [5.74, 6) is -1.21. The monoisotopic (exact) mass is 821 g/mol. The van der Waals surface area contributed by atoms with E-state index in [0.29, 0.717) is 57.1 Å². The number of ether oxygens (including phenoxy) is 3. The van der Waals surface area contributed by atoms with Crippen molar-refractivity contribution in [2.24, 2.45) is 17.8 Å². The maximum absolute atomic E-state index is 13.7. The lowest BCUT2D eigenvalue weighted by Gasteiger charge is -2.34. The van der Waals surface area contributed by atoms with Gasteiger partial charge >= 0.3 is 18.2 Å². The summed E-state index contributed by atoms with van der Waals surface area (Å²) in [6, 6.07) is 15.3. The van der Waals surface area contributed by atoms with Crippen molar-refractivity contribution in [1.29, 1.82) is 0 Å². The van der Waals surface area contributed by atoms with E-state index in [1.807, 2.05) is 75.4 Å². The number of esters is 1. The van der Waals surface area contributed by atoms with Gasteiger partial charge in [0.2, 0.25) is 17.7 Å². The van der Waals surface area contributed by atoms with Gasteiger partial charge in [-0.1, -0.05) is 42.5 Å². The highest BCUT2D eigenvalue weighted by Gasteiger charge is 2.30. The molecule has 4 N–H and O–H groups in total. The molecule has 2 atom stereocenters. The molecule has 1 unspecified atom stereocenters. The standard InChI is InChI=1S/C44H63N5O10/c1-44(2,3)59-43(56)49-26-21-33(22-27-49)11-15-35(14-10-32-19-24-48(25-20-32)42(54)55)40(52)46-29-38(50)47-37(28-39(51)58-30-34-8-6-5-7-9-34)41(53)45-23-18-31-12-16-36(57-4)17-13-31/h5-9,12-13,16-17,32-33,35,37H,10-11,14-15,18-30H2,1-4H3,(H,45,53)(H,46,52)(H,47,50)(H,54,55)/t35?,37-/m0/s1. The van der Waals surface area contributed by atoms with Crippen LogP contribution in [0.1, 0.15) is 89.7 Å². The zero-order valence-electron chi connectivity index (χ0n) is 35.0. The zero-order chi connectivity index (χ0) is 42.8. The van der Waals surface area contributed by atoms with Gasteiger partial charge in [0.15, 0.2) is 0 Å². The van der Waals surface area contributed by atoms with E-state index in [1.165, 1.54) is 4.90 Å². The summed E-state index contributed by atoms with van der Waals surface area (Å²) in [6.07, 6.45) is 4.58. The molecular formula is C44H63N5O10. The first-order valence-corrected chi connectivity index (χ1v) is 20.8. The lowest BCUT2D eigenvalue weighted by Crippen LogP contribution is -2.51. The van der Waals surface area contributed by atoms with E-state index in [0.717, 1.165) is 49.7 Å². The zero-order valence-corrected chi connectivity index (χ0v) is 35.0. The van der Waals surface area contributed by atoms with Gasteiger partial charge < -0.3 is 45.1 Å². The predicted molar refractivity (Wildman–Crippen MR) is 220 cm³/mol. The molecule has 59 heavy (non-hydrogen) atoms. The number of carboxylic acid groups (broad SMARTS) is 1. The summed E-state index contributed by atoms with van der Waals surface area (Å²) in [5.41, 5.74) is 1.17. The summed E-state index contributed by atoms with van der Waals surface area (Å²) in [4.78, 5) is 80.5. The molecule has 0 aromatic heterocycles. The van der Waals surface area contributed by atoms with Crippen LogP contribution in [0.25, 0.3) is 0 Å². The molecular weight excluding hydrogens is 759 g/mol. The van der Waals surface area contributed by atoms with Crippen LogP contribution in [-0.4, -0.2) is 109 Å². The Hall–Kier alpha value is -5.34. The van der Waals surface area contributed by atoms with Crippen molar-refractivity contribution >= 4 is 35.9 Å². The van der Waals surface area contributed by atoms with E-state index in [9.17, 15) is 33.9 Å². The van der Waals surface area contributed by atoms with E-state index < -0.39 is 54.4 Å². The van der Waals surface area contributed by atoms with Gasteiger partial charge in [-0.3, -0.25) is 19.2 Å². The topological polar surface area (TPSA) is 193 Å². The van der Waals surface area contributed by atoms with E-state index in [1.54, 1.807) is 12.0 Å². The third kappa shape index (κ3) is 16.8. The smallest absolute Gasteiger partial charge is 0.410 e. The molecule has 2 heterocycles. The number of benzene rings is 2. The van der Waals surface area contributed by atoms with Crippen LogP contribution in [0.2, 0.25) is 0 Å². The van der Waals surface area contributed by atoms with Crippen molar-refractivity contribution in [2.45, 2.75) is 103 Å². The molecule has 0 saturated carbocycles. The molecule has 2 aromatic carbocycles. The second-order valence-corrected chi connectivity index (χ2v) is 16.6. The van der Waals surface area contributed by atoms with E-state index in [4.69, 9.17) is 14.2 Å². The Morgan fingerprint density at radius 1 is 0.780 bits per heavy atom. The number of nitrogens with one attached hydrogen (secondary N) is 3. The summed E-state index contributed by atoms with van der Waals surface area (Å²) in [6.45, 7) is 7.48. The first-order chi connectivity index (χ1) is 28.2. The number of piperidine rings is 2. The maximum Gasteiger partial charge on any atom is 0.410 e. The molecule has 2 aliphatic heterocycles. The molecule has 324 valence electrons. The Morgan fingerprint density at radius 3 is 1.93 bits per heavy atom. The number of carbonyl (C=O) groups is 6. The minimum absolute atomic E-state index is 0.0123. The molecule has 2 saturated heterocycles. The highest BCUT2D eigenvalue weighted by molar-refractivity contribution is 5.92. The van der Waals surface area contributed by atoms with Gasteiger partial charge in [-0.05, 0) is 114 Å². The fourth-order valence-corrected chi connectivity index (χ4v) is 7.40. The summed E-state index contributed by atoms with van der Waals surface area (Å²) in [7, 11) is 1.58. The minimum Gasteiger partial charge on any atom is -0.497 e. The van der Waals surface area contributed by atoms with E-state index in [2.05, 4.69) is 16.0 Å². The number of methoxy groups -OCH3 is 1. The van der Waals surface area contributed by atoms with Crippen molar-refractivity contribution in [3.63, 3.8) is 0 Å². The molecule has 5 amide bonds. The van der Waals surface area contributed by atoms with Crippen molar-refractivity contribution < 1.29 is 48.1 Å². The van der Waals surface area contributed by atoms with Crippen molar-refractivity contribution in [2.75, 3.05) is 46.4 Å². The molecule has 2 fully saturated rings. The first kappa shape index (κ1) is 46.4. The van der Waals surface area contributed by atoms with Crippen molar-refractivity contribution in [1.82, 2.24) is 25.8 Å². The summed E-state index contributed by atoms with van der Waals surface area (Å²) < 4.78 is 16.2. The van der Waals surface area contributed by atoms with Crippen LogP contribution >= 0.6 is 0 Å². The fourth-order valence-electron chi connectivity index (χ4n) is 7.40. The molecule has 4 rings (SSSR count). The first-order valence-electron chi connectivity index (χ1n) is 20.8. The summed E-state index contributed by atoms with van der Waals surface area (Å²) in [5, 5.41) is 17.6. The van der Waals surface area contributed by atoms with Gasteiger partial charge in [0.1, 0.15) is 24.0 Å². The Kier molecular flexibility index (Phi) is 18.3. The SMILES string of the molecule is COc1ccc(CCNC(=O)[C@H](CC(=O)OCc2ccccc2)NC(=O)CNC(=O)C(CCC2CCN(C(=O)O)CC2)CCC2CCN(C(=O)OC(C)(C)C)CC2)cc1. The average molecular weight is 822 g/mol. The van der Waals surface area contributed by atoms with Crippen LogP contribution in [0.5, 0.6) is 5.75 Å². The number of hydrogen-bond donors (Lipinski definition) is 4. The number of nitrogens with zero attached hydrogens (tertiary/aromatic N) is 2. The Balaban J connectivity index is 1.33. The number of rotatable bonds is 19. The average Bonchev–Trinajstić information content (AvgIpc) is 3.22. The molecule has 0 bridgehead atoms. The maximum atomic E-state index is 13.7. The predicted octanol–water partition coefficient (Wildman–Crippen LogP) is 5.30. The fraction of sp³-hybridized carbons (Fsp3) is 0.591. The van der Waals surface area contributed by atoms with Crippen LogP contribution in [0.3, 0.4) is 0 Å². The lowest BCUT2D eigenvalue weighted by atomic mass is 9.84. The molecule has 15 heteroatoms. The quantitative estimate of drug-likeness (QED) is 0.135. The second-order valence-electron chi connectivity index (χ2n) is 16.6. The van der Waals surface area contributed by atoms with Crippen LogP contribution in [0.4, 0.5) is 9.59 Å². The Morgan fingerprint density at radius 2 is 1.37 bits per heavy atom. The second kappa shape index (κ2) is 23.3. The highest BCUT2D eigenvalue weighted by atomic mass is 16.6. The van der Waals surface area contributed by atoms with Crippen LogP contribution in [-0.2, 0) is 41.7 Å². The van der Waals surface area contributed by atoms with Gasteiger partial charge in [-0.25, -0.2) is 9.59 Å². The third-order valence-corrected chi connectivity index (χ3v) is 10.9.